The van der Waals surface area contributed by atoms with Crippen molar-refractivity contribution in [2.45, 2.75) is 31.3 Å². The van der Waals surface area contributed by atoms with Gasteiger partial charge in [0.25, 0.3) is 0 Å². The van der Waals surface area contributed by atoms with Gasteiger partial charge >= 0.3 is 0 Å². The maximum Gasteiger partial charge on any atom is 0.233 e. The summed E-state index contributed by atoms with van der Waals surface area (Å²) in [5, 5.41) is 30.8. The molecule has 0 bridgehead atoms. The van der Waals surface area contributed by atoms with Gasteiger partial charge in [0.1, 0.15) is 5.75 Å². The number of anilines is 1. The van der Waals surface area contributed by atoms with Crippen LogP contribution in [0.25, 0.3) is 22.4 Å². The lowest BCUT2D eigenvalue weighted by Crippen LogP contribution is -2.34. The second-order valence-electron chi connectivity index (χ2n) is 7.87. The van der Waals surface area contributed by atoms with E-state index >= 15 is 0 Å². The topological polar surface area (TPSA) is 96.3 Å². The van der Waals surface area contributed by atoms with E-state index in [0.717, 1.165) is 42.5 Å². The van der Waals surface area contributed by atoms with Crippen molar-refractivity contribution >= 4 is 5.82 Å². The van der Waals surface area contributed by atoms with E-state index in [4.69, 9.17) is 4.74 Å². The maximum atomic E-state index is 10.6. The van der Waals surface area contributed by atoms with E-state index in [1.165, 1.54) is 12.8 Å². The number of ether oxygens (including phenoxy) is 1. The minimum atomic E-state index is 0.139. The fraction of sp³-hybridized carbons (Fsp3) is 0.364. The van der Waals surface area contributed by atoms with Gasteiger partial charge in [-0.05, 0) is 49.1 Å². The van der Waals surface area contributed by atoms with E-state index in [1.807, 2.05) is 24.3 Å². The van der Waals surface area contributed by atoms with Crippen LogP contribution in [0.5, 0.6) is 11.6 Å². The summed E-state index contributed by atoms with van der Waals surface area (Å²) in [6, 6.07) is 12.4. The molecule has 3 heterocycles. The van der Waals surface area contributed by atoms with Crippen LogP contribution < -0.4 is 15.0 Å². The summed E-state index contributed by atoms with van der Waals surface area (Å²) in [4.78, 5) is 2.27. The molecule has 1 saturated carbocycles. The van der Waals surface area contributed by atoms with Crippen LogP contribution in [0.1, 0.15) is 19.3 Å². The van der Waals surface area contributed by atoms with Crippen LogP contribution >= 0.6 is 0 Å². The highest BCUT2D eigenvalue weighted by Gasteiger charge is 2.29. The molecular weight excluding hydrogens is 380 g/mol. The third-order valence-electron chi connectivity index (χ3n) is 5.66. The molecule has 2 aliphatic rings. The molecule has 154 valence electrons. The summed E-state index contributed by atoms with van der Waals surface area (Å²) in [6.07, 6.45) is 5.38. The molecule has 1 aliphatic carbocycles. The highest BCUT2D eigenvalue weighted by molar-refractivity contribution is 5.74. The Morgan fingerprint density at radius 1 is 1.00 bits per heavy atom. The van der Waals surface area contributed by atoms with Gasteiger partial charge in [0.2, 0.25) is 5.88 Å². The monoisotopic (exact) mass is 404 g/mol. The number of benzene rings is 1. The molecule has 8 nitrogen and oxygen atoms in total. The number of nitrogens with one attached hydrogen (secondary N) is 1. The van der Waals surface area contributed by atoms with Crippen LogP contribution in [0.4, 0.5) is 5.82 Å². The Kier molecular flexibility index (Phi) is 4.92. The highest BCUT2D eigenvalue weighted by Crippen LogP contribution is 2.33. The van der Waals surface area contributed by atoms with Crippen molar-refractivity contribution in [1.29, 1.82) is 0 Å². The number of phenols is 1. The van der Waals surface area contributed by atoms with E-state index in [9.17, 15) is 5.11 Å². The van der Waals surface area contributed by atoms with E-state index in [-0.39, 0.29) is 5.75 Å². The molecule has 5 rings (SSSR count). The van der Waals surface area contributed by atoms with Crippen molar-refractivity contribution in [3.8, 4) is 34.0 Å². The van der Waals surface area contributed by atoms with Crippen molar-refractivity contribution in [3.63, 3.8) is 0 Å². The summed E-state index contributed by atoms with van der Waals surface area (Å²) < 4.78 is 5.12. The highest BCUT2D eigenvalue weighted by atomic mass is 16.5. The molecule has 1 aliphatic heterocycles. The molecule has 30 heavy (non-hydrogen) atoms. The number of methoxy groups -OCH3 is 1. The average Bonchev–Trinajstić information content (AvgIpc) is 3.48. The Morgan fingerprint density at radius 3 is 2.63 bits per heavy atom. The van der Waals surface area contributed by atoms with Gasteiger partial charge in [0.05, 0.1) is 19.0 Å². The third kappa shape index (κ3) is 3.91. The van der Waals surface area contributed by atoms with Crippen LogP contribution in [0.2, 0.25) is 0 Å². The first kappa shape index (κ1) is 18.7. The molecule has 8 heteroatoms. The van der Waals surface area contributed by atoms with Crippen LogP contribution in [-0.2, 0) is 0 Å². The van der Waals surface area contributed by atoms with Gasteiger partial charge in [-0.2, -0.15) is 5.10 Å². The molecule has 0 amide bonds. The Labute approximate surface area is 174 Å². The molecular formula is C22H24N6O2. The number of aromatic hydroxyl groups is 1. The van der Waals surface area contributed by atoms with Crippen LogP contribution in [0.15, 0.2) is 42.6 Å². The molecule has 0 unspecified atom stereocenters. The first-order chi connectivity index (χ1) is 14.7. The molecule has 0 radical (unpaired) electrons. The molecule has 0 spiro atoms. The first-order valence-electron chi connectivity index (χ1n) is 10.2. The largest absolute Gasteiger partial charge is 0.507 e. The predicted octanol–water partition coefficient (Wildman–Crippen LogP) is 2.65. The quantitative estimate of drug-likeness (QED) is 0.647. The Morgan fingerprint density at radius 2 is 1.90 bits per heavy atom. The van der Waals surface area contributed by atoms with Gasteiger partial charge in [0.15, 0.2) is 5.82 Å². The molecule has 1 atom stereocenters. The normalized spacial score (nSPS) is 18.6. The summed E-state index contributed by atoms with van der Waals surface area (Å²) in [5.74, 6) is 1.44. The van der Waals surface area contributed by atoms with Crippen LogP contribution in [0, 0.1) is 0 Å². The summed E-state index contributed by atoms with van der Waals surface area (Å²) in [5.41, 5.74) is 2.91. The third-order valence-corrected chi connectivity index (χ3v) is 5.66. The average molecular weight is 404 g/mol. The molecule has 1 saturated heterocycles. The number of phenolic OH excluding ortho intramolecular Hbond substituents is 1. The van der Waals surface area contributed by atoms with Gasteiger partial charge in [-0.3, -0.25) is 0 Å². The fourth-order valence-corrected chi connectivity index (χ4v) is 3.86. The van der Waals surface area contributed by atoms with E-state index < -0.39 is 0 Å². The zero-order valence-electron chi connectivity index (χ0n) is 16.8. The first-order valence-corrected chi connectivity index (χ1v) is 10.2. The van der Waals surface area contributed by atoms with Gasteiger partial charge in [-0.25, -0.2) is 0 Å². The van der Waals surface area contributed by atoms with Crippen molar-refractivity contribution < 1.29 is 9.84 Å². The van der Waals surface area contributed by atoms with Crippen molar-refractivity contribution in [2.24, 2.45) is 0 Å². The van der Waals surface area contributed by atoms with Gasteiger partial charge < -0.3 is 20.1 Å². The number of rotatable bonds is 6. The van der Waals surface area contributed by atoms with Crippen molar-refractivity contribution in [3.05, 3.63) is 42.6 Å². The predicted molar refractivity (Wildman–Crippen MR) is 113 cm³/mol. The molecule has 3 aromatic rings. The van der Waals surface area contributed by atoms with E-state index in [2.05, 4.69) is 30.6 Å². The number of nitrogens with zero attached hydrogens (tertiary/aromatic N) is 5. The molecule has 1 aromatic carbocycles. The van der Waals surface area contributed by atoms with Crippen LogP contribution in [0.3, 0.4) is 0 Å². The second-order valence-corrected chi connectivity index (χ2v) is 7.87. The number of hydrogen-bond donors (Lipinski definition) is 2. The fourth-order valence-electron chi connectivity index (χ4n) is 3.86. The summed E-state index contributed by atoms with van der Waals surface area (Å²) in [6.45, 7) is 1.95. The smallest absolute Gasteiger partial charge is 0.233 e. The van der Waals surface area contributed by atoms with Gasteiger partial charge in [0, 0.05) is 42.4 Å². The lowest BCUT2D eigenvalue weighted by Gasteiger charge is -2.17. The minimum absolute atomic E-state index is 0.139. The number of aromatic nitrogens is 4. The Hall–Kier alpha value is -3.26. The Bertz CT molecular complexity index is 1040. The second kappa shape index (κ2) is 7.87. The zero-order chi connectivity index (χ0) is 20.5. The summed E-state index contributed by atoms with van der Waals surface area (Å²) >= 11 is 0. The summed E-state index contributed by atoms with van der Waals surface area (Å²) in [7, 11) is 1.54. The van der Waals surface area contributed by atoms with Crippen LogP contribution in [-0.4, -0.2) is 57.8 Å². The zero-order valence-corrected chi connectivity index (χ0v) is 16.8. The molecule has 2 aromatic heterocycles. The van der Waals surface area contributed by atoms with Crippen molar-refractivity contribution in [1.82, 2.24) is 25.7 Å². The number of hydrogen-bond acceptors (Lipinski definition) is 8. The Balaban J connectivity index is 1.31. The van der Waals surface area contributed by atoms with E-state index in [1.54, 1.807) is 25.4 Å². The maximum absolute atomic E-state index is 10.6. The SMILES string of the molecule is COc1cc(-c2ccc(-c3ccc(N4CC[C@H](NC5CC5)C4)nn3)c(O)c2)cnn1. The lowest BCUT2D eigenvalue weighted by atomic mass is 10.0. The van der Waals surface area contributed by atoms with E-state index in [0.29, 0.717) is 23.2 Å². The molecule has 2 N–H and O–H groups in total. The molecule has 2 fully saturated rings. The van der Waals surface area contributed by atoms with Gasteiger partial charge in [-0.15, -0.1) is 15.3 Å². The van der Waals surface area contributed by atoms with Crippen molar-refractivity contribution in [2.75, 3.05) is 25.1 Å². The van der Waals surface area contributed by atoms with Gasteiger partial charge in [-0.1, -0.05) is 6.07 Å². The minimum Gasteiger partial charge on any atom is -0.507 e. The standard InChI is InChI=1S/C22H24N6O2/c1-30-22-11-15(12-23-27-22)14-2-5-18(20(29)10-14)19-6-7-21(26-25-19)28-9-8-17(13-28)24-16-3-4-16/h2,5-7,10-12,16-17,24,29H,3-4,8-9,13H2,1H3/t17-/m0/s1. The lowest BCUT2D eigenvalue weighted by molar-refractivity contribution is 0.392.